The van der Waals surface area contributed by atoms with E-state index in [0.717, 1.165) is 14.2 Å². The van der Waals surface area contributed by atoms with Gasteiger partial charge in [0, 0.05) is 48.1 Å². The smallest absolute Gasteiger partial charge is 0.0483 e. The first-order valence-corrected chi connectivity index (χ1v) is 3.72. The molecule has 0 amide bonds. The third-order valence-corrected chi connectivity index (χ3v) is 0. The molecule has 84 valence electrons. The van der Waals surface area contributed by atoms with Gasteiger partial charge in [-0.3, -0.25) is 0 Å². The van der Waals surface area contributed by atoms with E-state index in [1.807, 2.05) is 0 Å². The van der Waals surface area contributed by atoms with Crippen molar-refractivity contribution in [1.29, 1.82) is 0 Å². The van der Waals surface area contributed by atoms with Gasteiger partial charge in [0.15, 0.2) is 0 Å². The average molecular weight is 232 g/mol. The molecule has 4 N–H and O–H groups in total. The zero-order valence-corrected chi connectivity index (χ0v) is 11.0. The maximum atomic E-state index is 8.06. The van der Waals surface area contributed by atoms with Gasteiger partial charge >= 0.3 is 0 Å². The molecule has 13 heavy (non-hydrogen) atoms. The quantitative estimate of drug-likeness (QED) is 0.443. The normalized spacial score (nSPS) is 6.46. The fourth-order valence-corrected chi connectivity index (χ4v) is 0. The number of aliphatic hydroxyl groups excluding tert-OH is 4. The summed E-state index contributed by atoms with van der Waals surface area (Å²) in [5.41, 5.74) is 0. The van der Waals surface area contributed by atoms with Crippen LogP contribution in [0.2, 0.25) is 0 Å². The van der Waals surface area contributed by atoms with Crippen molar-refractivity contribution in [2.45, 2.75) is 39.9 Å². The molecule has 0 unspecified atom stereocenters. The van der Waals surface area contributed by atoms with Gasteiger partial charge in [-0.25, -0.2) is 0 Å². The van der Waals surface area contributed by atoms with E-state index in [-0.39, 0.29) is 33.9 Å². The van der Waals surface area contributed by atoms with E-state index in [2.05, 4.69) is 0 Å². The van der Waals surface area contributed by atoms with Crippen molar-refractivity contribution < 1.29 is 42.1 Å². The Labute approximate surface area is 96.5 Å². The van der Waals surface area contributed by atoms with Crippen LogP contribution in [0.25, 0.3) is 0 Å². The Balaban J connectivity index is -0.0000000226. The van der Waals surface area contributed by atoms with E-state index in [1.165, 1.54) is 0 Å². The molecular formula is C8H24O4Ti. The Morgan fingerprint density at radius 3 is 0.615 bits per heavy atom. The molecule has 0 atom stereocenters. The van der Waals surface area contributed by atoms with Crippen molar-refractivity contribution in [3.05, 3.63) is 0 Å². The van der Waals surface area contributed by atoms with Crippen LogP contribution < -0.4 is 0 Å². The Hall–Kier alpha value is 0.554. The van der Waals surface area contributed by atoms with Crippen molar-refractivity contribution in [2.75, 3.05) is 14.2 Å². The molecule has 0 heterocycles. The van der Waals surface area contributed by atoms with E-state index in [9.17, 15) is 0 Å². The molecule has 0 aromatic rings. The van der Waals surface area contributed by atoms with E-state index in [4.69, 9.17) is 20.4 Å². The summed E-state index contributed by atoms with van der Waals surface area (Å²) in [6, 6.07) is 0. The molecule has 0 bridgehead atoms. The minimum atomic E-state index is -0.167. The zero-order valence-electron chi connectivity index (χ0n) is 9.44. The second-order valence-electron chi connectivity index (χ2n) is 2.19. The van der Waals surface area contributed by atoms with Crippen molar-refractivity contribution in [3.63, 3.8) is 0 Å². The molecule has 0 saturated carbocycles. The minimum Gasteiger partial charge on any atom is -0.400 e. The molecular weight excluding hydrogens is 208 g/mol. The van der Waals surface area contributed by atoms with Crippen molar-refractivity contribution >= 4 is 0 Å². The molecule has 0 saturated heterocycles. The molecule has 0 radical (unpaired) electrons. The predicted molar refractivity (Wildman–Crippen MR) is 51.0 cm³/mol. The number of aliphatic hydroxyl groups is 4. The minimum absolute atomic E-state index is 0. The molecule has 0 aliphatic carbocycles. The van der Waals surface area contributed by atoms with Crippen molar-refractivity contribution in [3.8, 4) is 0 Å². The largest absolute Gasteiger partial charge is 0.400 e. The van der Waals surface area contributed by atoms with E-state index in [1.54, 1.807) is 27.7 Å². The summed E-state index contributed by atoms with van der Waals surface area (Å²) in [5, 5.41) is 30.1. The number of rotatable bonds is 0. The molecule has 0 aromatic heterocycles. The van der Waals surface area contributed by atoms with Crippen LogP contribution >= 0.6 is 0 Å². The fraction of sp³-hybridized carbons (Fsp3) is 1.00. The molecule has 0 aliphatic rings. The van der Waals surface area contributed by atoms with Crippen LogP contribution in [0.3, 0.4) is 0 Å². The van der Waals surface area contributed by atoms with Crippen LogP contribution in [-0.2, 0) is 21.7 Å². The summed E-state index contributed by atoms with van der Waals surface area (Å²) in [6.45, 7) is 6.89. The van der Waals surface area contributed by atoms with E-state index >= 15 is 0 Å². The Kier molecular flexibility index (Phi) is 87.6. The van der Waals surface area contributed by atoms with Crippen LogP contribution in [0, 0.1) is 0 Å². The average Bonchev–Trinajstić information content (AvgIpc) is 1.93. The second kappa shape index (κ2) is 39.0. The Bertz CT molecular complexity index is 31.6. The van der Waals surface area contributed by atoms with Crippen LogP contribution in [0.5, 0.6) is 0 Å². The standard InChI is InChI=1S/2C3H8O.2CH4O.Ti/c2*1-3(2)4;2*1-2;/h2*3-4H,1-2H3;2*2H,1H3;. The second-order valence-corrected chi connectivity index (χ2v) is 2.19. The predicted octanol–water partition coefficient (Wildman–Crippen LogP) is -0.0113. The monoisotopic (exact) mass is 232 g/mol. The summed E-state index contributed by atoms with van der Waals surface area (Å²) >= 11 is 0. The topological polar surface area (TPSA) is 80.9 Å². The molecule has 0 aliphatic heterocycles. The summed E-state index contributed by atoms with van der Waals surface area (Å²) < 4.78 is 0. The molecule has 0 spiro atoms. The zero-order chi connectivity index (χ0) is 11.2. The van der Waals surface area contributed by atoms with E-state index in [0.29, 0.717) is 0 Å². The first-order chi connectivity index (χ1) is 5.46. The van der Waals surface area contributed by atoms with Gasteiger partial charge in [-0.1, -0.05) is 0 Å². The molecule has 0 rings (SSSR count). The SMILES string of the molecule is CC(C)O.CC(C)O.CO.CO.[Ti]. The van der Waals surface area contributed by atoms with Gasteiger partial charge in [-0.05, 0) is 27.7 Å². The Morgan fingerprint density at radius 2 is 0.615 bits per heavy atom. The fourth-order valence-electron chi connectivity index (χ4n) is 0. The van der Waals surface area contributed by atoms with Gasteiger partial charge in [-0.15, -0.1) is 0 Å². The van der Waals surface area contributed by atoms with Gasteiger partial charge in [0.05, 0.1) is 0 Å². The van der Waals surface area contributed by atoms with Gasteiger partial charge in [0.25, 0.3) is 0 Å². The summed E-state index contributed by atoms with van der Waals surface area (Å²) in [4.78, 5) is 0. The summed E-state index contributed by atoms with van der Waals surface area (Å²) in [7, 11) is 2.00. The maximum Gasteiger partial charge on any atom is 0.0483 e. The third kappa shape index (κ3) is 4550. The van der Waals surface area contributed by atoms with Crippen molar-refractivity contribution in [2.24, 2.45) is 0 Å². The maximum absolute atomic E-state index is 8.06. The number of hydrogen-bond acceptors (Lipinski definition) is 4. The van der Waals surface area contributed by atoms with Crippen LogP contribution in [0.15, 0.2) is 0 Å². The van der Waals surface area contributed by atoms with Gasteiger partial charge in [0.1, 0.15) is 0 Å². The van der Waals surface area contributed by atoms with Gasteiger partial charge in [-0.2, -0.15) is 0 Å². The van der Waals surface area contributed by atoms with E-state index < -0.39 is 0 Å². The first kappa shape index (κ1) is 29.2. The van der Waals surface area contributed by atoms with Crippen LogP contribution in [0.1, 0.15) is 27.7 Å². The summed E-state index contributed by atoms with van der Waals surface area (Å²) in [5.74, 6) is 0. The van der Waals surface area contributed by atoms with Crippen LogP contribution in [0.4, 0.5) is 0 Å². The Morgan fingerprint density at radius 1 is 0.615 bits per heavy atom. The summed E-state index contributed by atoms with van der Waals surface area (Å²) in [6.07, 6.45) is -0.333. The number of hydrogen-bond donors (Lipinski definition) is 4. The van der Waals surface area contributed by atoms with Gasteiger partial charge < -0.3 is 20.4 Å². The molecule has 0 fully saturated rings. The first-order valence-electron chi connectivity index (χ1n) is 3.72. The van der Waals surface area contributed by atoms with Gasteiger partial charge in [0.2, 0.25) is 0 Å². The third-order valence-electron chi connectivity index (χ3n) is 0. The molecule has 5 heteroatoms. The van der Waals surface area contributed by atoms with Crippen LogP contribution in [-0.4, -0.2) is 46.9 Å². The molecule has 0 aromatic carbocycles. The van der Waals surface area contributed by atoms with Crippen molar-refractivity contribution in [1.82, 2.24) is 0 Å². The molecule has 4 nitrogen and oxygen atoms in total.